The number of anilines is 1. The number of carbonyl (C=O) groups excluding carboxylic acids is 2. The molecule has 2 rings (SSSR count). The molecule has 0 aliphatic carbocycles. The summed E-state index contributed by atoms with van der Waals surface area (Å²) < 4.78 is 0. The normalized spacial score (nSPS) is 19.2. The Bertz CT molecular complexity index is 475. The van der Waals surface area contributed by atoms with Crippen LogP contribution in [0.15, 0.2) is 18.2 Å². The van der Waals surface area contributed by atoms with Gasteiger partial charge in [-0.15, -0.1) is 0 Å². The van der Waals surface area contributed by atoms with Crippen LogP contribution in [-0.4, -0.2) is 23.5 Å². The molecule has 1 unspecified atom stereocenters. The third-order valence-electron chi connectivity index (χ3n) is 3.10. The second-order valence-electron chi connectivity index (χ2n) is 4.53. The van der Waals surface area contributed by atoms with Gasteiger partial charge in [0.25, 0.3) is 0 Å². The fourth-order valence-electron chi connectivity index (χ4n) is 1.93. The third-order valence-corrected chi connectivity index (χ3v) is 3.10. The monoisotopic (exact) mass is 248 g/mol. The quantitative estimate of drug-likeness (QED) is 0.687. The summed E-state index contributed by atoms with van der Waals surface area (Å²) >= 11 is 0. The van der Waals surface area contributed by atoms with Gasteiger partial charge in [0.15, 0.2) is 0 Å². The van der Waals surface area contributed by atoms with Crippen LogP contribution in [0.2, 0.25) is 0 Å². The van der Waals surface area contributed by atoms with Gasteiger partial charge in [0.2, 0.25) is 11.8 Å². The van der Waals surface area contributed by atoms with Gasteiger partial charge in [0.1, 0.15) is 5.75 Å². The van der Waals surface area contributed by atoms with Crippen LogP contribution in [0.1, 0.15) is 18.4 Å². The second-order valence-corrected chi connectivity index (χ2v) is 4.53. The van der Waals surface area contributed by atoms with Crippen molar-refractivity contribution in [2.75, 3.05) is 11.9 Å². The van der Waals surface area contributed by atoms with Gasteiger partial charge in [-0.05, 0) is 37.1 Å². The van der Waals surface area contributed by atoms with Crippen LogP contribution in [0, 0.1) is 12.8 Å². The molecule has 0 bridgehead atoms. The minimum Gasteiger partial charge on any atom is -0.508 e. The second kappa shape index (κ2) is 5.08. The molecule has 0 aromatic heterocycles. The Labute approximate surface area is 105 Å². The molecule has 18 heavy (non-hydrogen) atoms. The highest BCUT2D eigenvalue weighted by molar-refractivity contribution is 5.94. The molecule has 2 amide bonds. The van der Waals surface area contributed by atoms with Crippen molar-refractivity contribution in [2.24, 2.45) is 5.92 Å². The maximum atomic E-state index is 11.9. The van der Waals surface area contributed by atoms with E-state index in [9.17, 15) is 14.7 Å². The predicted molar refractivity (Wildman–Crippen MR) is 67.2 cm³/mol. The number of amides is 2. The average molecular weight is 248 g/mol. The first kappa shape index (κ1) is 12.4. The number of aryl methyl sites for hydroxylation is 1. The van der Waals surface area contributed by atoms with Gasteiger partial charge in [-0.2, -0.15) is 0 Å². The van der Waals surface area contributed by atoms with E-state index in [0.29, 0.717) is 30.6 Å². The Balaban J connectivity index is 1.98. The summed E-state index contributed by atoms with van der Waals surface area (Å²) in [5, 5.41) is 14.9. The SMILES string of the molecule is Cc1cc(NC(=O)C2CCC(=O)NC2)ccc1O. The van der Waals surface area contributed by atoms with Gasteiger partial charge in [0, 0.05) is 18.7 Å². The minimum atomic E-state index is -0.184. The molecule has 1 aromatic carbocycles. The minimum absolute atomic E-state index is 0.000437. The van der Waals surface area contributed by atoms with Gasteiger partial charge in [-0.3, -0.25) is 9.59 Å². The zero-order valence-electron chi connectivity index (χ0n) is 10.2. The lowest BCUT2D eigenvalue weighted by Crippen LogP contribution is -2.40. The predicted octanol–water partition coefficient (Wildman–Crippen LogP) is 1.17. The fraction of sp³-hybridized carbons (Fsp3) is 0.385. The number of phenolic OH excluding ortho intramolecular Hbond substituents is 1. The van der Waals surface area contributed by atoms with Gasteiger partial charge in [-0.1, -0.05) is 0 Å². The number of nitrogens with one attached hydrogen (secondary N) is 2. The van der Waals surface area contributed by atoms with Crippen molar-refractivity contribution in [2.45, 2.75) is 19.8 Å². The summed E-state index contributed by atoms with van der Waals surface area (Å²) in [5.74, 6) is -0.0747. The van der Waals surface area contributed by atoms with Crippen molar-refractivity contribution in [3.63, 3.8) is 0 Å². The summed E-state index contributed by atoms with van der Waals surface area (Å²) in [6.45, 7) is 2.16. The summed E-state index contributed by atoms with van der Waals surface area (Å²) in [5.41, 5.74) is 1.37. The first-order chi connectivity index (χ1) is 8.56. The number of piperidine rings is 1. The van der Waals surface area contributed by atoms with Crippen LogP contribution in [0.4, 0.5) is 5.69 Å². The molecule has 1 aliphatic heterocycles. The van der Waals surface area contributed by atoms with Crippen LogP contribution >= 0.6 is 0 Å². The number of aromatic hydroxyl groups is 1. The lowest BCUT2D eigenvalue weighted by Gasteiger charge is -2.21. The van der Waals surface area contributed by atoms with E-state index in [0.717, 1.165) is 0 Å². The lowest BCUT2D eigenvalue weighted by molar-refractivity contribution is -0.126. The molecule has 1 aliphatic rings. The van der Waals surface area contributed by atoms with Crippen molar-refractivity contribution in [3.05, 3.63) is 23.8 Å². The molecule has 0 saturated carbocycles. The van der Waals surface area contributed by atoms with Crippen molar-refractivity contribution >= 4 is 17.5 Å². The largest absolute Gasteiger partial charge is 0.508 e. The molecule has 5 nitrogen and oxygen atoms in total. The maximum absolute atomic E-state index is 11.9. The maximum Gasteiger partial charge on any atom is 0.229 e. The lowest BCUT2D eigenvalue weighted by atomic mass is 9.98. The number of carbonyl (C=O) groups is 2. The number of phenols is 1. The Morgan fingerprint density at radius 3 is 2.89 bits per heavy atom. The molecule has 1 fully saturated rings. The highest BCUT2D eigenvalue weighted by atomic mass is 16.3. The van der Waals surface area contributed by atoms with Crippen LogP contribution < -0.4 is 10.6 Å². The van der Waals surface area contributed by atoms with Gasteiger partial charge >= 0.3 is 0 Å². The van der Waals surface area contributed by atoms with Gasteiger partial charge < -0.3 is 15.7 Å². The van der Waals surface area contributed by atoms with Crippen LogP contribution in [0.3, 0.4) is 0 Å². The number of hydrogen-bond donors (Lipinski definition) is 3. The van der Waals surface area contributed by atoms with E-state index in [1.807, 2.05) is 0 Å². The van der Waals surface area contributed by atoms with Gasteiger partial charge in [-0.25, -0.2) is 0 Å². The molecule has 1 atom stereocenters. The van der Waals surface area contributed by atoms with Crippen LogP contribution in [0.5, 0.6) is 5.75 Å². The van der Waals surface area contributed by atoms with E-state index in [-0.39, 0.29) is 23.5 Å². The topological polar surface area (TPSA) is 78.4 Å². The Kier molecular flexibility index (Phi) is 3.50. The number of benzene rings is 1. The molecule has 1 aromatic rings. The van der Waals surface area contributed by atoms with E-state index in [4.69, 9.17) is 0 Å². The average Bonchev–Trinajstić information content (AvgIpc) is 2.34. The number of rotatable bonds is 2. The van der Waals surface area contributed by atoms with E-state index in [1.54, 1.807) is 25.1 Å². The summed E-state index contributed by atoms with van der Waals surface area (Å²) in [7, 11) is 0. The zero-order valence-corrected chi connectivity index (χ0v) is 10.2. The summed E-state index contributed by atoms with van der Waals surface area (Å²) in [6, 6.07) is 4.92. The Hall–Kier alpha value is -2.04. The van der Waals surface area contributed by atoms with E-state index in [1.165, 1.54) is 0 Å². The van der Waals surface area contributed by atoms with Crippen molar-refractivity contribution in [3.8, 4) is 5.75 Å². The highest BCUT2D eigenvalue weighted by Crippen LogP contribution is 2.21. The molecule has 0 spiro atoms. The molecule has 96 valence electrons. The summed E-state index contributed by atoms with van der Waals surface area (Å²) in [4.78, 5) is 22.9. The van der Waals surface area contributed by atoms with E-state index < -0.39 is 0 Å². The van der Waals surface area contributed by atoms with Crippen molar-refractivity contribution < 1.29 is 14.7 Å². The van der Waals surface area contributed by atoms with Crippen molar-refractivity contribution in [1.29, 1.82) is 0 Å². The van der Waals surface area contributed by atoms with Crippen LogP contribution in [-0.2, 0) is 9.59 Å². The van der Waals surface area contributed by atoms with Crippen LogP contribution in [0.25, 0.3) is 0 Å². The Morgan fingerprint density at radius 1 is 1.50 bits per heavy atom. The standard InChI is InChI=1S/C13H16N2O3/c1-8-6-10(3-4-11(8)16)15-13(18)9-2-5-12(17)14-7-9/h3-4,6,9,16H,2,5,7H2,1H3,(H,14,17)(H,15,18). The molecule has 1 saturated heterocycles. The third kappa shape index (κ3) is 2.80. The molecule has 0 radical (unpaired) electrons. The fourth-order valence-corrected chi connectivity index (χ4v) is 1.93. The van der Waals surface area contributed by atoms with Gasteiger partial charge in [0.05, 0.1) is 5.92 Å². The Morgan fingerprint density at radius 2 is 2.28 bits per heavy atom. The molecular formula is C13H16N2O3. The summed E-state index contributed by atoms with van der Waals surface area (Å²) in [6.07, 6.45) is 0.974. The molecule has 5 heteroatoms. The smallest absolute Gasteiger partial charge is 0.229 e. The first-order valence-corrected chi connectivity index (χ1v) is 5.93. The van der Waals surface area contributed by atoms with Crippen molar-refractivity contribution in [1.82, 2.24) is 5.32 Å². The van der Waals surface area contributed by atoms with E-state index >= 15 is 0 Å². The first-order valence-electron chi connectivity index (χ1n) is 5.93. The van der Waals surface area contributed by atoms with E-state index in [2.05, 4.69) is 10.6 Å². The molecule has 1 heterocycles. The number of hydrogen-bond acceptors (Lipinski definition) is 3. The highest BCUT2D eigenvalue weighted by Gasteiger charge is 2.24. The molecule has 3 N–H and O–H groups in total. The molecular weight excluding hydrogens is 232 g/mol. The zero-order chi connectivity index (χ0) is 13.1.